The van der Waals surface area contributed by atoms with E-state index in [9.17, 15) is 0 Å². The van der Waals surface area contributed by atoms with Gasteiger partial charge in [-0.2, -0.15) is 5.10 Å². The lowest BCUT2D eigenvalue weighted by molar-refractivity contribution is 0.270. The first kappa shape index (κ1) is 12.6. The van der Waals surface area contributed by atoms with Gasteiger partial charge in [0.15, 0.2) is 0 Å². The van der Waals surface area contributed by atoms with Gasteiger partial charge in [0.05, 0.1) is 18.8 Å². The summed E-state index contributed by atoms with van der Waals surface area (Å²) in [7, 11) is 0. The first-order valence-corrected chi connectivity index (χ1v) is 6.00. The van der Waals surface area contributed by atoms with E-state index in [-0.39, 0.29) is 6.61 Å². The number of aromatic nitrogens is 3. The molecule has 0 radical (unpaired) electrons. The Balaban J connectivity index is 2.13. The Morgan fingerprint density at radius 1 is 1.39 bits per heavy atom. The monoisotopic (exact) mass is 246 g/mol. The summed E-state index contributed by atoms with van der Waals surface area (Å²) in [6.45, 7) is 5.29. The van der Waals surface area contributed by atoms with E-state index in [0.29, 0.717) is 13.1 Å². The largest absolute Gasteiger partial charge is 0.394 e. The molecule has 0 bridgehead atoms. The van der Waals surface area contributed by atoms with Crippen LogP contribution in [-0.2, 0) is 13.1 Å². The minimum Gasteiger partial charge on any atom is -0.394 e. The second-order valence-electron chi connectivity index (χ2n) is 4.22. The van der Waals surface area contributed by atoms with Gasteiger partial charge >= 0.3 is 0 Å². The molecule has 0 saturated carbocycles. The maximum absolute atomic E-state index is 9.03. The van der Waals surface area contributed by atoms with Crippen LogP contribution in [0.2, 0.25) is 0 Å². The zero-order valence-corrected chi connectivity index (χ0v) is 10.7. The predicted octanol–water partition coefficient (Wildman–Crippen LogP) is 1.50. The summed E-state index contributed by atoms with van der Waals surface area (Å²) in [6, 6.07) is 3.94. The molecule has 18 heavy (non-hydrogen) atoms. The van der Waals surface area contributed by atoms with E-state index in [4.69, 9.17) is 5.11 Å². The van der Waals surface area contributed by atoms with Gasteiger partial charge in [0.1, 0.15) is 5.82 Å². The third kappa shape index (κ3) is 2.68. The van der Waals surface area contributed by atoms with Crippen LogP contribution in [0.4, 0.5) is 5.82 Å². The Bertz CT molecular complexity index is 507. The Labute approximate surface area is 106 Å². The molecule has 0 aliphatic rings. The molecular weight excluding hydrogens is 228 g/mol. The fourth-order valence-electron chi connectivity index (χ4n) is 1.84. The van der Waals surface area contributed by atoms with Crippen LogP contribution in [0.3, 0.4) is 0 Å². The lowest BCUT2D eigenvalue weighted by Crippen LogP contribution is -2.11. The molecule has 5 heteroatoms. The number of aryl methyl sites for hydroxylation is 1. The van der Waals surface area contributed by atoms with E-state index >= 15 is 0 Å². The van der Waals surface area contributed by atoms with Crippen molar-refractivity contribution in [3.8, 4) is 0 Å². The molecule has 5 nitrogen and oxygen atoms in total. The van der Waals surface area contributed by atoms with E-state index < -0.39 is 0 Å². The van der Waals surface area contributed by atoms with Gasteiger partial charge in [-0.15, -0.1) is 0 Å². The van der Waals surface area contributed by atoms with Crippen LogP contribution in [0, 0.1) is 13.8 Å². The summed E-state index contributed by atoms with van der Waals surface area (Å²) >= 11 is 0. The smallest absolute Gasteiger partial charge is 0.127 e. The molecule has 0 aromatic carbocycles. The second kappa shape index (κ2) is 5.64. The lowest BCUT2D eigenvalue weighted by atomic mass is 10.2. The van der Waals surface area contributed by atoms with Gasteiger partial charge in [-0.25, -0.2) is 4.68 Å². The van der Waals surface area contributed by atoms with E-state index in [1.807, 2.05) is 32.2 Å². The Morgan fingerprint density at radius 2 is 2.22 bits per heavy atom. The molecule has 0 aliphatic carbocycles. The van der Waals surface area contributed by atoms with Gasteiger partial charge in [-0.3, -0.25) is 4.98 Å². The zero-order chi connectivity index (χ0) is 13.0. The molecule has 0 saturated heterocycles. The van der Waals surface area contributed by atoms with Crippen molar-refractivity contribution in [2.75, 3.05) is 11.9 Å². The van der Waals surface area contributed by atoms with Crippen molar-refractivity contribution in [1.29, 1.82) is 0 Å². The van der Waals surface area contributed by atoms with Crippen molar-refractivity contribution < 1.29 is 5.11 Å². The zero-order valence-electron chi connectivity index (χ0n) is 10.7. The highest BCUT2D eigenvalue weighted by atomic mass is 16.3. The minimum absolute atomic E-state index is 0.0854. The number of anilines is 1. The van der Waals surface area contributed by atoms with Crippen molar-refractivity contribution >= 4 is 5.82 Å². The van der Waals surface area contributed by atoms with Crippen LogP contribution in [-0.4, -0.2) is 26.5 Å². The van der Waals surface area contributed by atoms with Crippen molar-refractivity contribution in [1.82, 2.24) is 14.8 Å². The van der Waals surface area contributed by atoms with Crippen LogP contribution in [0.1, 0.15) is 16.8 Å². The number of aliphatic hydroxyl groups is 1. The Kier molecular flexibility index (Phi) is 3.94. The number of rotatable bonds is 5. The van der Waals surface area contributed by atoms with Crippen LogP contribution < -0.4 is 5.32 Å². The van der Waals surface area contributed by atoms with Gasteiger partial charge in [0, 0.05) is 24.5 Å². The van der Waals surface area contributed by atoms with Gasteiger partial charge in [0.25, 0.3) is 0 Å². The van der Waals surface area contributed by atoms with E-state index in [2.05, 4.69) is 15.4 Å². The highest BCUT2D eigenvalue weighted by molar-refractivity contribution is 5.47. The third-order valence-electron chi connectivity index (χ3n) is 2.92. The van der Waals surface area contributed by atoms with Gasteiger partial charge in [-0.1, -0.05) is 6.07 Å². The molecule has 2 N–H and O–H groups in total. The topological polar surface area (TPSA) is 63.0 Å². The second-order valence-corrected chi connectivity index (χ2v) is 4.22. The van der Waals surface area contributed by atoms with E-state index in [1.165, 1.54) is 0 Å². The lowest BCUT2D eigenvalue weighted by Gasteiger charge is -2.10. The first-order valence-electron chi connectivity index (χ1n) is 6.00. The number of hydrogen-bond acceptors (Lipinski definition) is 4. The summed E-state index contributed by atoms with van der Waals surface area (Å²) in [5.74, 6) is 0.963. The van der Waals surface area contributed by atoms with Crippen molar-refractivity contribution in [3.05, 3.63) is 41.3 Å². The molecule has 2 aromatic rings. The SMILES string of the molecule is Cc1nn(CCO)c(NCc2cccnc2)c1C. The third-order valence-corrected chi connectivity index (χ3v) is 2.92. The van der Waals surface area contributed by atoms with Crippen molar-refractivity contribution in [2.24, 2.45) is 0 Å². The summed E-state index contributed by atoms with van der Waals surface area (Å²) in [4.78, 5) is 4.08. The molecule has 0 unspecified atom stereocenters. The Hall–Kier alpha value is -1.88. The standard InChI is InChI=1S/C13H18N4O/c1-10-11(2)16-17(6-7-18)13(10)15-9-12-4-3-5-14-8-12/h3-5,8,15,18H,6-7,9H2,1-2H3. The molecular formula is C13H18N4O. The van der Waals surface area contributed by atoms with Gasteiger partial charge < -0.3 is 10.4 Å². The Morgan fingerprint density at radius 3 is 2.89 bits per heavy atom. The van der Waals surface area contributed by atoms with Crippen molar-refractivity contribution in [2.45, 2.75) is 26.9 Å². The normalized spacial score (nSPS) is 10.6. The highest BCUT2D eigenvalue weighted by Crippen LogP contribution is 2.18. The number of nitrogens with zero attached hydrogens (tertiary/aromatic N) is 3. The first-order chi connectivity index (χ1) is 8.72. The summed E-state index contributed by atoms with van der Waals surface area (Å²) in [6.07, 6.45) is 3.59. The number of hydrogen-bond donors (Lipinski definition) is 2. The number of nitrogens with one attached hydrogen (secondary N) is 1. The molecule has 96 valence electrons. The highest BCUT2D eigenvalue weighted by Gasteiger charge is 2.10. The molecule has 2 rings (SSSR count). The molecule has 0 amide bonds. The maximum atomic E-state index is 9.03. The summed E-state index contributed by atoms with van der Waals surface area (Å²) in [5, 5.41) is 16.8. The fraction of sp³-hybridized carbons (Fsp3) is 0.385. The minimum atomic E-state index is 0.0854. The molecule has 0 atom stereocenters. The average Bonchev–Trinajstić information content (AvgIpc) is 2.65. The summed E-state index contributed by atoms with van der Waals surface area (Å²) in [5.41, 5.74) is 3.22. The quantitative estimate of drug-likeness (QED) is 0.839. The van der Waals surface area contributed by atoms with Crippen molar-refractivity contribution in [3.63, 3.8) is 0 Å². The molecule has 0 fully saturated rings. The van der Waals surface area contributed by atoms with Crippen LogP contribution in [0.25, 0.3) is 0 Å². The fourth-order valence-corrected chi connectivity index (χ4v) is 1.84. The number of pyridine rings is 1. The number of aliphatic hydroxyl groups excluding tert-OH is 1. The predicted molar refractivity (Wildman–Crippen MR) is 70.4 cm³/mol. The van der Waals surface area contributed by atoms with E-state index in [0.717, 1.165) is 22.6 Å². The van der Waals surface area contributed by atoms with Crippen LogP contribution >= 0.6 is 0 Å². The molecule has 2 heterocycles. The maximum Gasteiger partial charge on any atom is 0.127 e. The summed E-state index contributed by atoms with van der Waals surface area (Å²) < 4.78 is 1.81. The van der Waals surface area contributed by atoms with Gasteiger partial charge in [0.2, 0.25) is 0 Å². The molecule has 2 aromatic heterocycles. The molecule has 0 spiro atoms. The average molecular weight is 246 g/mol. The van der Waals surface area contributed by atoms with Crippen LogP contribution in [0.5, 0.6) is 0 Å². The molecule has 0 aliphatic heterocycles. The van der Waals surface area contributed by atoms with Gasteiger partial charge in [-0.05, 0) is 25.5 Å². The van der Waals surface area contributed by atoms with E-state index in [1.54, 1.807) is 10.9 Å². The van der Waals surface area contributed by atoms with Crippen LogP contribution in [0.15, 0.2) is 24.5 Å².